The lowest BCUT2D eigenvalue weighted by atomic mass is 9.85. The second-order valence-electron chi connectivity index (χ2n) is 16.3. The van der Waals surface area contributed by atoms with Crippen molar-refractivity contribution in [1.29, 1.82) is 0 Å². The quantitative estimate of drug-likeness (QED) is 0.0149. The van der Waals surface area contributed by atoms with E-state index in [-0.39, 0.29) is 12.8 Å². The zero-order valence-electron chi connectivity index (χ0n) is 36.6. The molecule has 0 aromatic heterocycles. The van der Waals surface area contributed by atoms with Crippen molar-refractivity contribution in [1.82, 2.24) is 0 Å². The highest BCUT2D eigenvalue weighted by Crippen LogP contribution is 2.47. The number of rotatable bonds is 38. The van der Waals surface area contributed by atoms with E-state index in [1.54, 1.807) is 0 Å². The number of aliphatic hydroxyl groups excluding tert-OH is 5. The summed E-state index contributed by atoms with van der Waals surface area (Å²) >= 11 is 0. The molecule has 6 N–H and O–H groups in total. The third-order valence-electron chi connectivity index (χ3n) is 10.8. The minimum atomic E-state index is -5.13. The fraction of sp³-hybridized carbons (Fsp3) is 0.867. The number of carbonyl (C=O) groups excluding carboxylic acids is 2. The molecule has 0 bridgehead atoms. The van der Waals surface area contributed by atoms with Gasteiger partial charge in [-0.25, -0.2) is 4.57 Å². The van der Waals surface area contributed by atoms with E-state index < -0.39 is 75.7 Å². The number of aliphatic hydroxyl groups is 5. The van der Waals surface area contributed by atoms with E-state index >= 15 is 0 Å². The van der Waals surface area contributed by atoms with E-state index in [0.717, 1.165) is 38.5 Å². The van der Waals surface area contributed by atoms with Gasteiger partial charge in [0.25, 0.3) is 0 Å². The molecule has 1 aliphatic carbocycles. The van der Waals surface area contributed by atoms with Crippen LogP contribution in [0, 0.1) is 0 Å². The van der Waals surface area contributed by atoms with Crippen molar-refractivity contribution in [3.05, 3.63) is 24.3 Å². The molecule has 0 heterocycles. The van der Waals surface area contributed by atoms with Gasteiger partial charge in [0.1, 0.15) is 43.2 Å². The maximum Gasteiger partial charge on any atom is 0.472 e. The third-order valence-corrected chi connectivity index (χ3v) is 11.8. The van der Waals surface area contributed by atoms with Crippen LogP contribution in [0.4, 0.5) is 0 Å². The Labute approximate surface area is 356 Å². The molecule has 0 radical (unpaired) electrons. The molecule has 0 amide bonds. The van der Waals surface area contributed by atoms with Crippen LogP contribution in [0.25, 0.3) is 0 Å². The lowest BCUT2D eigenvalue weighted by Gasteiger charge is -2.41. The standard InChI is InChI=1S/C45H83O13P/c1-3-5-7-9-11-13-15-17-19-21-23-25-27-29-31-33-38(46)55-35-37(36-56-59(53,54)58-45-43(51)41(49)40(48)42(50)44(45)52)57-39(47)34-32-30-28-26-24-22-20-18-16-14-12-10-8-6-4-2/h21,23,28,30,37,40-45,48-52H,3-20,22,24-27,29,31-36H2,1-2H3,(H,53,54)/b23-21+,30-28+/t37-,40?,41-,42?,43?,44?,45?/m1/s1. The van der Waals surface area contributed by atoms with E-state index in [2.05, 4.69) is 26.0 Å². The summed E-state index contributed by atoms with van der Waals surface area (Å²) in [6.07, 6.45) is 25.4. The Bertz CT molecular complexity index is 1130. The molecule has 59 heavy (non-hydrogen) atoms. The molecular formula is C45H83O13P. The van der Waals surface area contributed by atoms with Crippen LogP contribution in [0.5, 0.6) is 0 Å². The Morgan fingerprint density at radius 3 is 1.36 bits per heavy atom. The molecule has 8 atom stereocenters. The SMILES string of the molecule is CCCCCCCCCC/C=C/CCCCCC(=O)OC[C@H](COP(=O)(O)OC1C(O)C(O)C(O)[C@@H](O)C1O)OC(=O)CC/C=C/CCCCCCCCCCCCC. The van der Waals surface area contributed by atoms with Crippen LogP contribution in [0.3, 0.4) is 0 Å². The number of phosphoric ester groups is 1. The van der Waals surface area contributed by atoms with Gasteiger partial charge < -0.3 is 39.9 Å². The van der Waals surface area contributed by atoms with Crippen molar-refractivity contribution < 1.29 is 63.1 Å². The number of allylic oxidation sites excluding steroid dienone is 4. The molecular weight excluding hydrogens is 779 g/mol. The molecule has 14 heteroatoms. The number of unbranched alkanes of at least 4 members (excludes halogenated alkanes) is 22. The fourth-order valence-electron chi connectivity index (χ4n) is 7.01. The number of carbonyl (C=O) groups is 2. The fourth-order valence-corrected chi connectivity index (χ4v) is 7.98. The van der Waals surface area contributed by atoms with Crippen LogP contribution in [-0.2, 0) is 32.7 Å². The maximum absolute atomic E-state index is 12.8. The maximum atomic E-state index is 12.8. The third kappa shape index (κ3) is 28.5. The lowest BCUT2D eigenvalue weighted by Crippen LogP contribution is -2.64. The summed E-state index contributed by atoms with van der Waals surface area (Å²) in [5.74, 6) is -1.17. The van der Waals surface area contributed by atoms with Crippen molar-refractivity contribution in [2.24, 2.45) is 0 Å². The molecule has 0 aromatic carbocycles. The van der Waals surface area contributed by atoms with Crippen molar-refractivity contribution in [2.75, 3.05) is 13.2 Å². The monoisotopic (exact) mass is 863 g/mol. The van der Waals surface area contributed by atoms with Gasteiger partial charge in [0.05, 0.1) is 6.61 Å². The number of phosphoric acid groups is 1. The predicted molar refractivity (Wildman–Crippen MR) is 230 cm³/mol. The normalized spacial score (nSPS) is 22.5. The number of esters is 2. The van der Waals surface area contributed by atoms with Crippen LogP contribution in [0.1, 0.15) is 194 Å². The van der Waals surface area contributed by atoms with Gasteiger partial charge in [-0.15, -0.1) is 0 Å². The molecule has 1 fully saturated rings. The molecule has 0 spiro atoms. The van der Waals surface area contributed by atoms with Gasteiger partial charge in [-0.05, 0) is 51.4 Å². The minimum Gasteiger partial charge on any atom is -0.462 e. The molecule has 0 aliphatic heterocycles. The highest BCUT2D eigenvalue weighted by molar-refractivity contribution is 7.47. The molecule has 6 unspecified atom stereocenters. The summed E-state index contributed by atoms with van der Waals surface area (Å²) in [6.45, 7) is 3.26. The Morgan fingerprint density at radius 1 is 0.508 bits per heavy atom. The van der Waals surface area contributed by atoms with Crippen LogP contribution >= 0.6 is 7.82 Å². The van der Waals surface area contributed by atoms with Gasteiger partial charge in [-0.1, -0.05) is 154 Å². The van der Waals surface area contributed by atoms with Gasteiger partial charge in [-0.2, -0.15) is 0 Å². The second-order valence-corrected chi connectivity index (χ2v) is 17.7. The molecule has 13 nitrogen and oxygen atoms in total. The summed E-state index contributed by atoms with van der Waals surface area (Å²) in [5, 5.41) is 50.1. The van der Waals surface area contributed by atoms with Gasteiger partial charge in [0.15, 0.2) is 6.10 Å². The smallest absolute Gasteiger partial charge is 0.462 e. The molecule has 346 valence electrons. The molecule has 1 rings (SSSR count). The van der Waals surface area contributed by atoms with Crippen LogP contribution in [-0.4, -0.2) is 98.3 Å². The summed E-state index contributed by atoms with van der Waals surface area (Å²) in [4.78, 5) is 35.6. The number of hydrogen-bond acceptors (Lipinski definition) is 12. The summed E-state index contributed by atoms with van der Waals surface area (Å²) in [6, 6.07) is 0. The topological polar surface area (TPSA) is 210 Å². The Hall–Kier alpha value is -1.67. The Morgan fingerprint density at radius 2 is 0.898 bits per heavy atom. The van der Waals surface area contributed by atoms with E-state index in [1.807, 2.05) is 12.2 Å². The lowest BCUT2D eigenvalue weighted by molar-refractivity contribution is -0.220. The predicted octanol–water partition coefficient (Wildman–Crippen LogP) is 8.84. The van der Waals surface area contributed by atoms with E-state index in [0.29, 0.717) is 12.8 Å². The van der Waals surface area contributed by atoms with Crippen LogP contribution < -0.4 is 0 Å². The van der Waals surface area contributed by atoms with Crippen molar-refractivity contribution in [3.8, 4) is 0 Å². The van der Waals surface area contributed by atoms with E-state index in [4.69, 9.17) is 18.5 Å². The number of ether oxygens (including phenoxy) is 2. The first-order valence-electron chi connectivity index (χ1n) is 23.1. The summed E-state index contributed by atoms with van der Waals surface area (Å²) in [5.41, 5.74) is 0. The van der Waals surface area contributed by atoms with E-state index in [9.17, 15) is 44.6 Å². The van der Waals surface area contributed by atoms with Gasteiger partial charge in [-0.3, -0.25) is 18.6 Å². The van der Waals surface area contributed by atoms with Crippen molar-refractivity contribution in [2.45, 2.75) is 236 Å². The average molecular weight is 863 g/mol. The van der Waals surface area contributed by atoms with Crippen LogP contribution in [0.2, 0.25) is 0 Å². The van der Waals surface area contributed by atoms with Crippen molar-refractivity contribution in [3.63, 3.8) is 0 Å². The average Bonchev–Trinajstić information content (AvgIpc) is 3.21. The van der Waals surface area contributed by atoms with Gasteiger partial charge in [0, 0.05) is 12.8 Å². The second kappa shape index (κ2) is 35.9. The highest BCUT2D eigenvalue weighted by atomic mass is 31.2. The molecule has 0 aromatic rings. The van der Waals surface area contributed by atoms with Gasteiger partial charge in [0.2, 0.25) is 0 Å². The largest absolute Gasteiger partial charge is 0.472 e. The first-order chi connectivity index (χ1) is 28.4. The Kier molecular flexibility index (Phi) is 33.7. The summed E-state index contributed by atoms with van der Waals surface area (Å²) in [7, 11) is -5.13. The van der Waals surface area contributed by atoms with Crippen LogP contribution in [0.15, 0.2) is 24.3 Å². The van der Waals surface area contributed by atoms with Crippen molar-refractivity contribution >= 4 is 19.8 Å². The first-order valence-corrected chi connectivity index (χ1v) is 24.6. The Balaban J connectivity index is 2.49. The highest BCUT2D eigenvalue weighted by Gasteiger charge is 2.51. The molecule has 1 saturated carbocycles. The summed E-state index contributed by atoms with van der Waals surface area (Å²) < 4.78 is 33.4. The zero-order valence-corrected chi connectivity index (χ0v) is 37.4. The molecule has 0 saturated heterocycles. The van der Waals surface area contributed by atoms with Gasteiger partial charge >= 0.3 is 19.8 Å². The molecule has 1 aliphatic rings. The zero-order chi connectivity index (χ0) is 43.6. The number of hydrogen-bond donors (Lipinski definition) is 6. The van der Waals surface area contributed by atoms with E-state index in [1.165, 1.54) is 116 Å². The minimum absolute atomic E-state index is 0.0125. The first kappa shape index (κ1) is 55.3.